The topological polar surface area (TPSA) is 53.6 Å². The second-order valence-electron chi connectivity index (χ2n) is 4.50. The van der Waals surface area contributed by atoms with E-state index in [0.717, 1.165) is 18.3 Å². The lowest BCUT2D eigenvalue weighted by Gasteiger charge is -2.23. The fourth-order valence-corrected chi connectivity index (χ4v) is 2.25. The molecule has 0 saturated heterocycles. The van der Waals surface area contributed by atoms with E-state index in [1.807, 2.05) is 0 Å². The second-order valence-corrected chi connectivity index (χ2v) is 4.50. The molecular formula is C11H20N4. The van der Waals surface area contributed by atoms with Crippen LogP contribution in [0.25, 0.3) is 0 Å². The summed E-state index contributed by atoms with van der Waals surface area (Å²) in [6.45, 7) is 3.24. The van der Waals surface area contributed by atoms with Crippen molar-refractivity contribution in [3.63, 3.8) is 0 Å². The minimum Gasteiger partial charge on any atom is -0.307 e. The predicted molar refractivity (Wildman–Crippen MR) is 59.4 cm³/mol. The highest BCUT2D eigenvalue weighted by atomic mass is 15.2. The van der Waals surface area contributed by atoms with Crippen LogP contribution in [0.5, 0.6) is 0 Å². The summed E-state index contributed by atoms with van der Waals surface area (Å²) >= 11 is 0. The zero-order valence-corrected chi connectivity index (χ0v) is 9.37. The van der Waals surface area contributed by atoms with Crippen molar-refractivity contribution in [1.29, 1.82) is 0 Å². The maximum absolute atomic E-state index is 4.15. The minimum atomic E-state index is 0.287. The van der Waals surface area contributed by atoms with E-state index in [2.05, 4.69) is 27.4 Å². The Morgan fingerprint density at radius 2 is 2.27 bits per heavy atom. The van der Waals surface area contributed by atoms with Crippen molar-refractivity contribution < 1.29 is 0 Å². The minimum absolute atomic E-state index is 0.287. The highest BCUT2D eigenvalue weighted by molar-refractivity contribution is 4.88. The fourth-order valence-electron chi connectivity index (χ4n) is 2.25. The molecule has 4 heteroatoms. The van der Waals surface area contributed by atoms with E-state index >= 15 is 0 Å². The number of aromatic nitrogens is 3. The lowest BCUT2D eigenvalue weighted by atomic mass is 9.89. The molecule has 1 aromatic heterocycles. The van der Waals surface area contributed by atoms with Gasteiger partial charge in [-0.25, -0.2) is 4.98 Å². The smallest absolute Gasteiger partial charge is 0.141 e. The Morgan fingerprint density at radius 1 is 1.47 bits per heavy atom. The van der Waals surface area contributed by atoms with Crippen LogP contribution in [-0.2, 0) is 0 Å². The maximum Gasteiger partial charge on any atom is 0.141 e. The average Bonchev–Trinajstić information content (AvgIpc) is 2.81. The fraction of sp³-hybridized carbons (Fsp3) is 0.818. The monoisotopic (exact) mass is 208 g/mol. The summed E-state index contributed by atoms with van der Waals surface area (Å²) in [7, 11) is 0. The molecule has 15 heavy (non-hydrogen) atoms. The number of aromatic amines is 1. The van der Waals surface area contributed by atoms with Crippen molar-refractivity contribution in [3.05, 3.63) is 12.2 Å². The van der Waals surface area contributed by atoms with Gasteiger partial charge in [0.25, 0.3) is 0 Å². The average molecular weight is 208 g/mol. The van der Waals surface area contributed by atoms with Crippen LogP contribution in [0.3, 0.4) is 0 Å². The lowest BCUT2D eigenvalue weighted by molar-refractivity contribution is 0.329. The van der Waals surface area contributed by atoms with Crippen LogP contribution in [-0.4, -0.2) is 21.7 Å². The van der Waals surface area contributed by atoms with Gasteiger partial charge in [0.15, 0.2) is 0 Å². The molecule has 1 aliphatic carbocycles. The third-order valence-corrected chi connectivity index (χ3v) is 3.28. The van der Waals surface area contributed by atoms with Gasteiger partial charge in [0.1, 0.15) is 12.2 Å². The van der Waals surface area contributed by atoms with Gasteiger partial charge < -0.3 is 5.32 Å². The van der Waals surface area contributed by atoms with Gasteiger partial charge in [-0.2, -0.15) is 5.10 Å². The molecule has 84 valence electrons. The van der Waals surface area contributed by atoms with Crippen LogP contribution in [0.15, 0.2) is 6.33 Å². The Balaban J connectivity index is 1.73. The van der Waals surface area contributed by atoms with E-state index in [4.69, 9.17) is 0 Å². The molecule has 2 rings (SSSR count). The molecule has 0 aromatic carbocycles. The summed E-state index contributed by atoms with van der Waals surface area (Å²) in [5, 5.41) is 10.3. The van der Waals surface area contributed by atoms with Crippen LogP contribution in [0, 0.1) is 5.92 Å². The number of rotatable bonds is 4. The highest BCUT2D eigenvalue weighted by Crippen LogP contribution is 2.23. The van der Waals surface area contributed by atoms with Crippen molar-refractivity contribution in [2.45, 2.75) is 45.1 Å². The lowest BCUT2D eigenvalue weighted by Crippen LogP contribution is -2.27. The Labute approximate surface area is 90.9 Å². The first-order chi connectivity index (χ1) is 7.36. The van der Waals surface area contributed by atoms with Crippen molar-refractivity contribution >= 4 is 0 Å². The summed E-state index contributed by atoms with van der Waals surface area (Å²) in [5.41, 5.74) is 0. The normalized spacial score (nSPS) is 20.3. The zero-order chi connectivity index (χ0) is 10.5. The van der Waals surface area contributed by atoms with Gasteiger partial charge in [-0.1, -0.05) is 19.3 Å². The Morgan fingerprint density at radius 3 is 2.93 bits per heavy atom. The standard InChI is InChI=1S/C11H20N4/c1-9(11-13-8-14-15-11)12-7-10-5-3-2-4-6-10/h8-10,12H,2-7H2,1H3,(H,13,14,15). The van der Waals surface area contributed by atoms with Crippen molar-refractivity contribution in [2.75, 3.05) is 6.54 Å². The molecule has 1 fully saturated rings. The quantitative estimate of drug-likeness (QED) is 0.796. The van der Waals surface area contributed by atoms with E-state index in [9.17, 15) is 0 Å². The molecule has 1 saturated carbocycles. The first-order valence-electron chi connectivity index (χ1n) is 5.95. The largest absolute Gasteiger partial charge is 0.307 e. The van der Waals surface area contributed by atoms with Crippen LogP contribution in [0.2, 0.25) is 0 Å². The van der Waals surface area contributed by atoms with Gasteiger partial charge in [0.2, 0.25) is 0 Å². The van der Waals surface area contributed by atoms with Crippen LogP contribution >= 0.6 is 0 Å². The van der Waals surface area contributed by atoms with Crippen LogP contribution in [0.4, 0.5) is 0 Å². The molecule has 2 N–H and O–H groups in total. The molecule has 0 spiro atoms. The molecule has 0 radical (unpaired) electrons. The predicted octanol–water partition coefficient (Wildman–Crippen LogP) is 2.04. The van der Waals surface area contributed by atoms with E-state index < -0.39 is 0 Å². The van der Waals surface area contributed by atoms with Gasteiger partial charge in [-0.05, 0) is 32.2 Å². The van der Waals surface area contributed by atoms with E-state index in [0.29, 0.717) is 0 Å². The summed E-state index contributed by atoms with van der Waals surface area (Å²) in [6.07, 6.45) is 8.57. The first-order valence-corrected chi connectivity index (χ1v) is 5.95. The number of nitrogens with zero attached hydrogens (tertiary/aromatic N) is 2. The Hall–Kier alpha value is -0.900. The summed E-state index contributed by atoms with van der Waals surface area (Å²) in [4.78, 5) is 4.15. The highest BCUT2D eigenvalue weighted by Gasteiger charge is 2.15. The van der Waals surface area contributed by atoms with E-state index in [1.54, 1.807) is 6.33 Å². The zero-order valence-electron chi connectivity index (χ0n) is 9.37. The van der Waals surface area contributed by atoms with Gasteiger partial charge in [-0.3, -0.25) is 5.10 Å². The van der Waals surface area contributed by atoms with Gasteiger partial charge in [0, 0.05) is 0 Å². The SMILES string of the molecule is CC(NCC1CCCCC1)c1ncn[nH]1. The van der Waals surface area contributed by atoms with Gasteiger partial charge in [-0.15, -0.1) is 0 Å². The third-order valence-electron chi connectivity index (χ3n) is 3.28. The molecule has 0 aliphatic heterocycles. The van der Waals surface area contributed by atoms with Gasteiger partial charge >= 0.3 is 0 Å². The van der Waals surface area contributed by atoms with E-state index in [1.165, 1.54) is 32.1 Å². The molecule has 1 unspecified atom stereocenters. The van der Waals surface area contributed by atoms with Gasteiger partial charge in [0.05, 0.1) is 6.04 Å². The van der Waals surface area contributed by atoms with Crippen LogP contribution < -0.4 is 5.32 Å². The molecule has 0 bridgehead atoms. The van der Waals surface area contributed by atoms with Crippen LogP contribution in [0.1, 0.15) is 50.9 Å². The molecule has 1 aliphatic rings. The summed E-state index contributed by atoms with van der Waals surface area (Å²) < 4.78 is 0. The number of H-pyrrole nitrogens is 1. The molecule has 0 amide bonds. The van der Waals surface area contributed by atoms with E-state index in [-0.39, 0.29) is 6.04 Å². The maximum atomic E-state index is 4.15. The summed E-state index contributed by atoms with van der Waals surface area (Å²) in [5.74, 6) is 1.80. The van der Waals surface area contributed by atoms with Crippen molar-refractivity contribution in [2.24, 2.45) is 5.92 Å². The summed E-state index contributed by atoms with van der Waals surface area (Å²) in [6, 6.07) is 0.287. The number of nitrogens with one attached hydrogen (secondary N) is 2. The number of hydrogen-bond donors (Lipinski definition) is 2. The third kappa shape index (κ3) is 3.02. The molecule has 4 nitrogen and oxygen atoms in total. The van der Waals surface area contributed by atoms with Crippen molar-refractivity contribution in [1.82, 2.24) is 20.5 Å². The number of hydrogen-bond acceptors (Lipinski definition) is 3. The Bertz CT molecular complexity index is 264. The molecule has 1 atom stereocenters. The first kappa shape index (κ1) is 10.6. The van der Waals surface area contributed by atoms with Crippen molar-refractivity contribution in [3.8, 4) is 0 Å². The second kappa shape index (κ2) is 5.26. The molecule has 1 heterocycles. The Kier molecular flexibility index (Phi) is 3.72. The molecule has 1 aromatic rings. The molecular weight excluding hydrogens is 188 g/mol.